The van der Waals surface area contributed by atoms with Crippen LogP contribution < -0.4 is 0 Å². The van der Waals surface area contributed by atoms with Gasteiger partial charge in [0.05, 0.1) is 0 Å². The van der Waals surface area contributed by atoms with Crippen molar-refractivity contribution < 1.29 is 0 Å². The van der Waals surface area contributed by atoms with E-state index in [0.717, 1.165) is 11.8 Å². The summed E-state index contributed by atoms with van der Waals surface area (Å²) in [4.78, 5) is 0. The Kier molecular flexibility index (Phi) is 108. The summed E-state index contributed by atoms with van der Waals surface area (Å²) in [6.07, 6.45) is 170. The summed E-state index contributed by atoms with van der Waals surface area (Å²) in [5.74, 6) is 1.48. The van der Waals surface area contributed by atoms with E-state index >= 15 is 0 Å². The highest BCUT2D eigenvalue weighted by molar-refractivity contribution is 5.51. The normalized spacial score (nSPS) is 15.3. The summed E-state index contributed by atoms with van der Waals surface area (Å²) in [7, 11) is 0. The van der Waals surface area contributed by atoms with Crippen molar-refractivity contribution in [1.29, 1.82) is 0 Å². The minimum absolute atomic E-state index is 0.415. The van der Waals surface area contributed by atoms with Crippen molar-refractivity contribution >= 4 is 0 Å². The smallest absolute Gasteiger partial charge is 0.00996 e. The van der Waals surface area contributed by atoms with Crippen LogP contribution in [0.2, 0.25) is 0 Å². The molecule has 0 nitrogen and oxygen atoms in total. The van der Waals surface area contributed by atoms with Crippen molar-refractivity contribution in [3.63, 3.8) is 0 Å². The Morgan fingerprint density at radius 3 is 0.393 bits per heavy atom. The number of hydrogen-bond acceptors (Lipinski definition) is 0. The zero-order valence-electron chi connectivity index (χ0n) is 108. The highest BCUT2D eigenvalue weighted by Gasteiger charge is 2.37. The molecule has 0 saturated heterocycles. The van der Waals surface area contributed by atoms with Crippen LogP contribution in [0.5, 0.6) is 0 Å². The highest BCUT2D eigenvalue weighted by Crippen LogP contribution is 2.52. The lowest BCUT2D eigenvalue weighted by Crippen LogP contribution is -2.20. The highest BCUT2D eigenvalue weighted by atomic mass is 14.4. The second kappa shape index (κ2) is 111. The van der Waals surface area contributed by atoms with Gasteiger partial charge in [-0.1, -0.05) is 745 Å². The monoisotopic (exact) mass is 2090 g/mol. The van der Waals surface area contributed by atoms with Crippen LogP contribution in [-0.4, -0.2) is 0 Å². The summed E-state index contributed by atoms with van der Waals surface area (Å²) >= 11 is 0. The number of allylic oxidation sites excluding steroid dienone is 16. The van der Waals surface area contributed by atoms with Gasteiger partial charge in [-0.15, -0.1) is 0 Å². The van der Waals surface area contributed by atoms with E-state index in [1.165, 1.54) is 719 Å². The van der Waals surface area contributed by atoms with Crippen molar-refractivity contribution in [1.82, 2.24) is 0 Å². The van der Waals surface area contributed by atoms with Gasteiger partial charge in [-0.2, -0.15) is 0 Å². The zero-order chi connectivity index (χ0) is 109. The third kappa shape index (κ3) is 76.7. The number of rotatable bonds is 112. The molecule has 0 N–H and O–H groups in total. The maximum Gasteiger partial charge on any atom is 0.00996 e. The van der Waals surface area contributed by atoms with Crippen LogP contribution >= 0.6 is 0 Å². The van der Waals surface area contributed by atoms with Crippen molar-refractivity contribution in [3.05, 3.63) is 91.2 Å². The van der Waals surface area contributed by atoms with Gasteiger partial charge in [0.25, 0.3) is 0 Å². The van der Waals surface area contributed by atoms with E-state index in [9.17, 15) is 0 Å². The summed E-state index contributed by atoms with van der Waals surface area (Å²) < 4.78 is 0. The molecule has 0 aromatic heterocycles. The third-order valence-electron chi connectivity index (χ3n) is 37.1. The van der Waals surface area contributed by atoms with E-state index in [-0.39, 0.29) is 0 Å². The lowest BCUT2D eigenvalue weighted by molar-refractivity contribution is 0.342. The van der Waals surface area contributed by atoms with E-state index < -0.39 is 0 Å². The minimum Gasteiger partial charge on any atom is -0.0740 e. The first-order valence-corrected chi connectivity index (χ1v) is 71.5. The molecule has 0 aliphatic heterocycles. The lowest BCUT2D eigenvalue weighted by atomic mass is 9.72. The predicted octanol–water partition coefficient (Wildman–Crippen LogP) is 56.1. The van der Waals surface area contributed by atoms with Crippen LogP contribution in [0.1, 0.15) is 844 Å². The maximum atomic E-state index is 2.66. The molecule has 2 unspecified atom stereocenters. The Morgan fingerprint density at radius 1 is 0.140 bits per heavy atom. The molecule has 0 spiro atoms. The van der Waals surface area contributed by atoms with Crippen LogP contribution in [0.15, 0.2) is 91.2 Å². The molecule has 0 heterocycles. The lowest BCUT2D eigenvalue weighted by Gasteiger charge is -2.33. The van der Waals surface area contributed by atoms with Crippen molar-refractivity contribution in [3.8, 4) is 0 Å². The second-order valence-corrected chi connectivity index (χ2v) is 51.0. The molecule has 0 bridgehead atoms. The van der Waals surface area contributed by atoms with Gasteiger partial charge in [0.1, 0.15) is 0 Å². The summed E-state index contributed by atoms with van der Waals surface area (Å²) in [5, 5.41) is 0. The van der Waals surface area contributed by atoms with Gasteiger partial charge in [-0.25, -0.2) is 0 Å². The molecule has 4 aliphatic rings. The SMILES string of the molecule is CCCCCCCCCCC1(CCCCCCCCCC)C=CC(C)=C1CCCCCCCC.CCCCCCCCCCC1=C(C)C=CC1(CCCCCCCC)CCCCCCCC.CCCCCCCCCCC1=C(CCCCCCCC)C(C)C(CCCCCCCCCC)=C1CCCCCCCCCC.CCCCCCCCCCC1=C(CCCCCCCC)C(CCCCCCCC)=C(CCCCCCCC)C1C. The third-order valence-corrected chi connectivity index (χ3v) is 37.1. The fourth-order valence-corrected chi connectivity index (χ4v) is 27.0. The molecule has 2 atom stereocenters. The van der Waals surface area contributed by atoms with E-state index in [1.54, 1.807) is 11.1 Å². The Labute approximate surface area is 951 Å². The first-order valence-electron chi connectivity index (χ1n) is 71.5. The van der Waals surface area contributed by atoms with Crippen LogP contribution in [0.25, 0.3) is 0 Å². The first kappa shape index (κ1) is 146. The molecule has 0 saturated carbocycles. The van der Waals surface area contributed by atoms with Crippen molar-refractivity contribution in [2.45, 2.75) is 844 Å². The molecule has 0 heteroatoms. The molecule has 4 rings (SSSR count). The van der Waals surface area contributed by atoms with Gasteiger partial charge >= 0.3 is 0 Å². The molecule has 0 radical (unpaired) electrons. The topological polar surface area (TPSA) is 0 Å². The van der Waals surface area contributed by atoms with Crippen molar-refractivity contribution in [2.24, 2.45) is 22.7 Å². The van der Waals surface area contributed by atoms with Crippen LogP contribution in [-0.2, 0) is 0 Å². The fourth-order valence-electron chi connectivity index (χ4n) is 27.0. The summed E-state index contributed by atoms with van der Waals surface area (Å²) in [5.41, 5.74) is 22.9. The standard InChI is InChI=1S/C44H84.C40H76.C34H64.C32H60/c1-6-10-14-18-22-25-29-33-37-42-40(5)41(36-32-28-21-17-13-9-4)43(38-34-30-26-23-19-15-11-7-2)44(42)39-35-31-27-24-20-16-12-8-3;1-6-10-14-18-22-23-27-29-33-38-36(5)37(32-28-24-19-15-11-7-2)39(34-30-25-20-16-12-8-3)40(38)35-31-26-21-17-13-9-4;1-5-8-11-14-17-19-22-25-29-34(30-26-23-20-18-15-12-9-6-2)31-28-32(4)33(34)27-24-21-16-13-10-7-3;1-5-8-11-14-17-18-19-22-25-31-30(4)26-29-32(31,27-23-20-15-12-9-6-2)28-24-21-16-13-10-7-3/h40H,6-39H2,1-5H3;36H,6-35H2,1-5H3;28,31H,5-27,29-30H2,1-4H3;26,29H,5-25,27-28H2,1-4H3. The maximum absolute atomic E-state index is 2.66. The Morgan fingerprint density at radius 2 is 0.253 bits per heavy atom. The molecule has 150 heavy (non-hydrogen) atoms. The molecular weight excluding hydrogens is 1800 g/mol. The Bertz CT molecular complexity index is 3070. The largest absolute Gasteiger partial charge is 0.0740 e. The molecule has 884 valence electrons. The fraction of sp³-hybridized carbons (Fsp3) is 0.893. The van der Waals surface area contributed by atoms with Gasteiger partial charge in [0.15, 0.2) is 0 Å². The summed E-state index contributed by atoms with van der Waals surface area (Å²) in [6.45, 7) is 42.7. The molecule has 4 aliphatic carbocycles. The van der Waals surface area contributed by atoms with E-state index in [1.807, 2.05) is 55.7 Å². The van der Waals surface area contributed by atoms with Crippen LogP contribution in [0, 0.1) is 22.7 Å². The van der Waals surface area contributed by atoms with Gasteiger partial charge in [0, 0.05) is 10.8 Å². The van der Waals surface area contributed by atoms with Gasteiger partial charge in [-0.05, 0) is 202 Å². The molecule has 0 aromatic rings. The molecule has 0 fully saturated rings. The van der Waals surface area contributed by atoms with Gasteiger partial charge < -0.3 is 0 Å². The average molecular weight is 2090 g/mol. The average Bonchev–Trinajstić information content (AvgIpc) is 1.65. The molecular formula is C150H284. The minimum atomic E-state index is 0.415. The van der Waals surface area contributed by atoms with Crippen LogP contribution in [0.3, 0.4) is 0 Å². The first-order chi connectivity index (χ1) is 73.8. The van der Waals surface area contributed by atoms with E-state index in [0.29, 0.717) is 10.8 Å². The van der Waals surface area contributed by atoms with E-state index in [2.05, 4.69) is 149 Å². The van der Waals surface area contributed by atoms with Gasteiger partial charge in [0.2, 0.25) is 0 Å². The predicted molar refractivity (Wildman–Crippen MR) is 692 cm³/mol. The summed E-state index contributed by atoms with van der Waals surface area (Å²) in [6, 6.07) is 0. The Hall–Kier alpha value is -2.08. The molecule has 0 amide bonds. The van der Waals surface area contributed by atoms with Crippen LogP contribution in [0.4, 0.5) is 0 Å². The van der Waals surface area contributed by atoms with E-state index in [4.69, 9.17) is 0 Å². The number of unbranched alkanes of at least 4 members (excludes halogenated alkanes) is 84. The number of hydrogen-bond donors (Lipinski definition) is 0. The van der Waals surface area contributed by atoms with Crippen molar-refractivity contribution in [2.75, 3.05) is 0 Å². The second-order valence-electron chi connectivity index (χ2n) is 51.0. The zero-order valence-corrected chi connectivity index (χ0v) is 108. The Balaban J connectivity index is 0.00000101. The van der Waals surface area contributed by atoms with Gasteiger partial charge in [-0.3, -0.25) is 0 Å². The quantitative estimate of drug-likeness (QED) is 0.0533. The molecule has 0 aromatic carbocycles.